The lowest BCUT2D eigenvalue weighted by molar-refractivity contribution is -0.124. The maximum absolute atomic E-state index is 13.9. The van der Waals surface area contributed by atoms with Crippen LogP contribution in [0.5, 0.6) is 0 Å². The monoisotopic (exact) mass is 766 g/mol. The predicted molar refractivity (Wildman–Crippen MR) is 210 cm³/mol. The number of thiazole rings is 2. The third kappa shape index (κ3) is 15.3. The van der Waals surface area contributed by atoms with E-state index in [1.54, 1.807) is 37.0 Å². The maximum Gasteiger partial charge on any atom is 0.407 e. The molecule has 4 atom stereocenters. The molecule has 4 aromatic rings. The van der Waals surface area contributed by atoms with Crippen molar-refractivity contribution < 1.29 is 29.3 Å². The topological polar surface area (TPSA) is 166 Å². The average molecular weight is 767 g/mol. The van der Waals surface area contributed by atoms with Crippen LogP contribution in [-0.2, 0) is 35.5 Å². The smallest absolute Gasteiger partial charge is 0.407 e. The molecule has 0 saturated carbocycles. The Kier molecular flexibility index (Phi) is 18.4. The average Bonchev–Trinajstić information content (AvgIpc) is 3.83. The van der Waals surface area contributed by atoms with Crippen LogP contribution in [0.15, 0.2) is 77.8 Å². The van der Waals surface area contributed by atoms with E-state index in [-0.39, 0.29) is 37.5 Å². The van der Waals surface area contributed by atoms with Crippen LogP contribution < -0.4 is 16.0 Å². The number of urea groups is 1. The lowest BCUT2D eigenvalue weighted by Gasteiger charge is -2.30. The number of rotatable bonds is 17. The molecule has 0 bridgehead atoms. The zero-order valence-electron chi connectivity index (χ0n) is 31.4. The number of nitrogens with zero attached hydrogens (tertiary/aromatic N) is 3. The number of carbonyl (C=O) groups excluding carboxylic acids is 3. The molecule has 0 saturated heterocycles. The summed E-state index contributed by atoms with van der Waals surface area (Å²) in [7, 11) is 1.68. The van der Waals surface area contributed by atoms with Gasteiger partial charge in [0.15, 0.2) is 0 Å². The minimum Gasteiger partial charge on any atom is -0.444 e. The molecule has 2 heterocycles. The number of alkyl carbamates (subject to hydrolysis) is 1. The predicted octanol–water partition coefficient (Wildman–Crippen LogP) is 5.90. The molecule has 288 valence electrons. The maximum atomic E-state index is 13.9. The van der Waals surface area contributed by atoms with E-state index in [4.69, 9.17) is 9.84 Å². The molecule has 2 aromatic carbocycles. The summed E-state index contributed by atoms with van der Waals surface area (Å²) in [5, 5.41) is 31.1. The first-order valence-corrected chi connectivity index (χ1v) is 19.6. The third-order valence-corrected chi connectivity index (χ3v) is 10.1. The Bertz CT molecular complexity index is 1640. The summed E-state index contributed by atoms with van der Waals surface area (Å²) in [6.07, 6.45) is 0.836. The zero-order valence-corrected chi connectivity index (χ0v) is 33.0. The highest BCUT2D eigenvalue weighted by atomic mass is 32.1. The van der Waals surface area contributed by atoms with Gasteiger partial charge in [0, 0.05) is 37.2 Å². The minimum absolute atomic E-state index is 0.0671. The van der Waals surface area contributed by atoms with Crippen molar-refractivity contribution in [2.75, 3.05) is 13.7 Å². The summed E-state index contributed by atoms with van der Waals surface area (Å²) in [5.41, 5.74) is 4.35. The first-order chi connectivity index (χ1) is 25.4. The molecule has 5 N–H and O–H groups in total. The third-order valence-electron chi connectivity index (χ3n) is 8.13. The van der Waals surface area contributed by atoms with E-state index < -0.39 is 30.3 Å². The molecule has 2 aromatic heterocycles. The van der Waals surface area contributed by atoms with E-state index in [1.165, 1.54) is 16.2 Å². The van der Waals surface area contributed by atoms with Gasteiger partial charge in [-0.3, -0.25) is 9.78 Å². The summed E-state index contributed by atoms with van der Waals surface area (Å²) in [6.45, 7) is 10.2. The zero-order chi connectivity index (χ0) is 38.8. The van der Waals surface area contributed by atoms with E-state index in [2.05, 4.69) is 39.8 Å². The van der Waals surface area contributed by atoms with Crippen molar-refractivity contribution >= 4 is 40.7 Å². The molecular formula is C39H54N6O6S2. The largest absolute Gasteiger partial charge is 0.444 e. The second kappa shape index (κ2) is 22.6. The Balaban J connectivity index is 0.00000243. The molecule has 0 spiro atoms. The summed E-state index contributed by atoms with van der Waals surface area (Å²) in [4.78, 5) is 51.0. The standard InChI is InChI=1S/C37H48N6O5S2.C2H6O/c1-24(2)33(42-36(46)43(5)20-29-22-49-35(40-29)25(3)4)34(45)39-28(16-26-12-8-6-9-13-26)18-32(44)31(17-27-14-10-7-11-15-27)41-37(47)48-21-30-19-38-23-50-30;1-2-3/h6-15,19,22-25,28,31-33,44H,16-18,20-21H2,1-5H3,(H,39,45)(H,41,47)(H,42,46);3H,2H2,1H3/t28-,31-,32-,33-;/m0./s1. The van der Waals surface area contributed by atoms with Crippen molar-refractivity contribution in [2.24, 2.45) is 5.92 Å². The number of amides is 4. The lowest BCUT2D eigenvalue weighted by Crippen LogP contribution is -2.55. The van der Waals surface area contributed by atoms with E-state index in [9.17, 15) is 19.5 Å². The number of aliphatic hydroxyl groups excluding tert-OH is 2. The van der Waals surface area contributed by atoms with Crippen molar-refractivity contribution in [3.8, 4) is 0 Å². The number of benzene rings is 2. The van der Waals surface area contributed by atoms with E-state index >= 15 is 0 Å². The Morgan fingerprint density at radius 1 is 0.906 bits per heavy atom. The van der Waals surface area contributed by atoms with Crippen LogP contribution in [-0.4, -0.2) is 81.0 Å². The fraction of sp³-hybridized carbons (Fsp3) is 0.462. The molecule has 0 aliphatic heterocycles. The highest BCUT2D eigenvalue weighted by Crippen LogP contribution is 2.20. The van der Waals surface area contributed by atoms with Gasteiger partial charge in [0.2, 0.25) is 5.91 Å². The number of nitrogens with one attached hydrogen (secondary N) is 3. The molecule has 53 heavy (non-hydrogen) atoms. The number of hydrogen-bond acceptors (Lipinski definition) is 10. The summed E-state index contributed by atoms with van der Waals surface area (Å²) < 4.78 is 5.42. The lowest BCUT2D eigenvalue weighted by atomic mass is 9.93. The quantitative estimate of drug-likeness (QED) is 0.0886. The Hall–Kier alpha value is -4.37. The van der Waals surface area contributed by atoms with Gasteiger partial charge in [-0.05, 0) is 43.2 Å². The van der Waals surface area contributed by atoms with Crippen LogP contribution in [0, 0.1) is 5.92 Å². The molecule has 4 rings (SSSR count). The Morgan fingerprint density at radius 3 is 2.08 bits per heavy atom. The van der Waals surface area contributed by atoms with Crippen molar-refractivity contribution in [1.82, 2.24) is 30.8 Å². The number of ether oxygens (including phenoxy) is 1. The fourth-order valence-corrected chi connectivity index (χ4v) is 6.72. The minimum atomic E-state index is -1.05. The molecule has 12 nitrogen and oxygen atoms in total. The first-order valence-electron chi connectivity index (χ1n) is 17.8. The first kappa shape index (κ1) is 43.0. The van der Waals surface area contributed by atoms with Crippen molar-refractivity contribution in [3.05, 3.63) is 104 Å². The van der Waals surface area contributed by atoms with E-state index in [0.29, 0.717) is 25.3 Å². The number of carbonyl (C=O) groups is 3. The van der Waals surface area contributed by atoms with E-state index in [1.807, 2.05) is 79.9 Å². The number of hydrogen-bond donors (Lipinski definition) is 5. The van der Waals surface area contributed by atoms with Gasteiger partial charge in [-0.1, -0.05) is 88.4 Å². The molecule has 0 aliphatic rings. The molecule has 4 amide bonds. The summed E-state index contributed by atoms with van der Waals surface area (Å²) >= 11 is 2.95. The van der Waals surface area contributed by atoms with Crippen molar-refractivity contribution in [3.63, 3.8) is 0 Å². The van der Waals surface area contributed by atoms with Gasteiger partial charge < -0.3 is 35.8 Å². The SMILES string of the molecule is CC(C)c1nc(CN(C)C(=O)N[C@H](C(=O)N[C@@H](Cc2ccccc2)C[C@H](O)[C@H](Cc2ccccc2)NC(=O)OCc2cncs2)C(C)C)cs1.CCO. The summed E-state index contributed by atoms with van der Waals surface area (Å²) in [6, 6.07) is 16.8. The highest BCUT2D eigenvalue weighted by molar-refractivity contribution is 7.09. The van der Waals surface area contributed by atoms with Crippen LogP contribution in [0.4, 0.5) is 9.59 Å². The second-order valence-corrected chi connectivity index (χ2v) is 15.2. The van der Waals surface area contributed by atoms with Crippen LogP contribution in [0.1, 0.15) is 73.7 Å². The van der Waals surface area contributed by atoms with E-state index in [0.717, 1.165) is 26.7 Å². The van der Waals surface area contributed by atoms with Crippen LogP contribution in [0.2, 0.25) is 0 Å². The van der Waals surface area contributed by atoms with Gasteiger partial charge in [-0.2, -0.15) is 0 Å². The van der Waals surface area contributed by atoms with Crippen molar-refractivity contribution in [2.45, 2.75) is 97.2 Å². The molecule has 0 fully saturated rings. The van der Waals surface area contributed by atoms with Gasteiger partial charge in [0.25, 0.3) is 0 Å². The Labute approximate surface area is 321 Å². The van der Waals surface area contributed by atoms with Gasteiger partial charge in [-0.15, -0.1) is 22.7 Å². The molecule has 0 unspecified atom stereocenters. The second-order valence-electron chi connectivity index (χ2n) is 13.4. The molecule has 0 aliphatic carbocycles. The van der Waals surface area contributed by atoms with Crippen molar-refractivity contribution in [1.29, 1.82) is 0 Å². The number of aliphatic hydroxyl groups is 2. The van der Waals surface area contributed by atoms with Crippen LogP contribution in [0.3, 0.4) is 0 Å². The van der Waals surface area contributed by atoms with Gasteiger partial charge >= 0.3 is 12.1 Å². The molecule has 14 heteroatoms. The van der Waals surface area contributed by atoms with Crippen LogP contribution in [0.25, 0.3) is 0 Å². The van der Waals surface area contributed by atoms with Gasteiger partial charge in [0.1, 0.15) is 12.6 Å². The van der Waals surface area contributed by atoms with Crippen LogP contribution >= 0.6 is 22.7 Å². The van der Waals surface area contributed by atoms with Gasteiger partial charge in [-0.25, -0.2) is 14.6 Å². The highest BCUT2D eigenvalue weighted by Gasteiger charge is 2.31. The normalized spacial score (nSPS) is 13.2. The summed E-state index contributed by atoms with van der Waals surface area (Å²) in [5.74, 6) is -0.277. The number of aromatic nitrogens is 2. The Morgan fingerprint density at radius 2 is 1.53 bits per heavy atom. The molecule has 0 radical (unpaired) electrons. The fourth-order valence-electron chi connectivity index (χ4n) is 5.39. The van der Waals surface area contributed by atoms with Gasteiger partial charge in [0.05, 0.1) is 39.8 Å². The molecular weight excluding hydrogens is 713 g/mol.